The van der Waals surface area contributed by atoms with Gasteiger partial charge in [-0.1, -0.05) is 36.4 Å². The third kappa shape index (κ3) is 3.77. The lowest BCUT2D eigenvalue weighted by molar-refractivity contribution is -0.131. The van der Waals surface area contributed by atoms with E-state index in [4.69, 9.17) is 10.5 Å². The molecule has 2 saturated heterocycles. The number of likely N-dealkylation sites (tertiary alicyclic amines) is 1. The maximum Gasteiger partial charge on any atom is 0.227 e. The second kappa shape index (κ2) is 8.33. The second-order valence-electron chi connectivity index (χ2n) is 7.89. The van der Waals surface area contributed by atoms with Crippen molar-refractivity contribution < 1.29 is 9.53 Å². The molecule has 0 aliphatic carbocycles. The van der Waals surface area contributed by atoms with Gasteiger partial charge in [0, 0.05) is 32.1 Å². The second-order valence-corrected chi connectivity index (χ2v) is 7.89. The van der Waals surface area contributed by atoms with E-state index in [9.17, 15) is 4.79 Å². The number of nitrogens with one attached hydrogen (secondary N) is 1. The van der Waals surface area contributed by atoms with Gasteiger partial charge in [0.1, 0.15) is 12.4 Å². The van der Waals surface area contributed by atoms with Crippen LogP contribution in [0.1, 0.15) is 22.7 Å². The zero-order valence-corrected chi connectivity index (χ0v) is 16.4. The molecule has 0 spiro atoms. The van der Waals surface area contributed by atoms with Crippen LogP contribution in [0.25, 0.3) is 0 Å². The van der Waals surface area contributed by atoms with E-state index in [1.807, 2.05) is 24.3 Å². The Morgan fingerprint density at radius 3 is 2.89 bits per heavy atom. The molecule has 0 unspecified atom stereocenters. The number of nitrogens with two attached hydrogens (primary N) is 1. The van der Waals surface area contributed by atoms with E-state index in [0.717, 1.165) is 30.9 Å². The first-order chi connectivity index (χ1) is 13.7. The molecule has 4 rings (SSSR count). The Kier molecular flexibility index (Phi) is 5.64. The van der Waals surface area contributed by atoms with E-state index in [1.54, 1.807) is 0 Å². The zero-order chi connectivity index (χ0) is 19.5. The fourth-order valence-electron chi connectivity index (χ4n) is 4.69. The molecule has 2 fully saturated rings. The molecular weight excluding hydrogens is 350 g/mol. The maximum absolute atomic E-state index is 13.3. The molecule has 0 bridgehead atoms. The van der Waals surface area contributed by atoms with Crippen molar-refractivity contribution in [2.75, 3.05) is 32.8 Å². The van der Waals surface area contributed by atoms with Gasteiger partial charge in [0.25, 0.3) is 0 Å². The molecule has 148 valence electrons. The summed E-state index contributed by atoms with van der Waals surface area (Å²) < 4.78 is 5.61. The lowest BCUT2D eigenvalue weighted by Crippen LogP contribution is -2.36. The molecule has 0 radical (unpaired) electrons. The van der Waals surface area contributed by atoms with Gasteiger partial charge in [-0.15, -0.1) is 0 Å². The number of ether oxygens (including phenoxy) is 1. The number of rotatable bonds is 6. The van der Waals surface area contributed by atoms with E-state index in [-0.39, 0.29) is 11.9 Å². The summed E-state index contributed by atoms with van der Waals surface area (Å²) in [6.45, 7) is 5.92. The zero-order valence-electron chi connectivity index (χ0n) is 16.4. The van der Waals surface area contributed by atoms with Crippen LogP contribution in [0.3, 0.4) is 0 Å². The molecule has 3 atom stereocenters. The van der Waals surface area contributed by atoms with Crippen LogP contribution in [0.15, 0.2) is 48.5 Å². The van der Waals surface area contributed by atoms with Crippen molar-refractivity contribution >= 4 is 5.91 Å². The SMILES string of the molecule is Cc1ccccc1[C@@H]1[C@H]2CNC[C@H]2CN1C(=O)Cc1cccc(OCCN)c1. The van der Waals surface area contributed by atoms with E-state index in [0.29, 0.717) is 31.4 Å². The first kappa shape index (κ1) is 19.0. The molecule has 5 nitrogen and oxygen atoms in total. The van der Waals surface area contributed by atoms with Crippen molar-refractivity contribution in [2.24, 2.45) is 17.6 Å². The van der Waals surface area contributed by atoms with E-state index < -0.39 is 0 Å². The highest BCUT2D eigenvalue weighted by atomic mass is 16.5. The quantitative estimate of drug-likeness (QED) is 0.808. The van der Waals surface area contributed by atoms with Gasteiger partial charge in [-0.05, 0) is 41.7 Å². The number of fused-ring (bicyclic) bond motifs is 1. The number of benzene rings is 2. The lowest BCUT2D eigenvalue weighted by atomic mass is 9.87. The average molecular weight is 380 g/mol. The summed E-state index contributed by atoms with van der Waals surface area (Å²) in [7, 11) is 0. The van der Waals surface area contributed by atoms with Gasteiger partial charge in [-0.25, -0.2) is 0 Å². The fraction of sp³-hybridized carbons (Fsp3) is 0.435. The highest BCUT2D eigenvalue weighted by Crippen LogP contribution is 2.43. The molecule has 0 saturated carbocycles. The predicted octanol–water partition coefficient (Wildman–Crippen LogP) is 2.29. The molecule has 2 aliphatic rings. The molecule has 2 heterocycles. The Hall–Kier alpha value is -2.37. The minimum Gasteiger partial charge on any atom is -0.492 e. The standard InChI is InChI=1S/C23H29N3O2/c1-16-5-2-3-8-20(16)23-21-14-25-13-18(21)15-26(23)22(27)12-17-6-4-7-19(11-17)28-10-9-24/h2-8,11,18,21,23,25H,9-10,12-15,24H2,1H3/t18-,21-,23+/m0/s1. The Bertz CT molecular complexity index is 838. The van der Waals surface area contributed by atoms with Crippen LogP contribution in [0.4, 0.5) is 0 Å². The number of carbonyl (C=O) groups is 1. The Morgan fingerprint density at radius 2 is 2.07 bits per heavy atom. The topological polar surface area (TPSA) is 67.6 Å². The summed E-state index contributed by atoms with van der Waals surface area (Å²) in [5, 5.41) is 3.51. The molecule has 2 aromatic carbocycles. The van der Waals surface area contributed by atoms with Crippen molar-refractivity contribution in [1.82, 2.24) is 10.2 Å². The first-order valence-corrected chi connectivity index (χ1v) is 10.1. The molecule has 5 heteroatoms. The van der Waals surface area contributed by atoms with Gasteiger partial charge < -0.3 is 20.7 Å². The molecule has 2 aliphatic heterocycles. The largest absolute Gasteiger partial charge is 0.492 e. The van der Waals surface area contributed by atoms with E-state index >= 15 is 0 Å². The van der Waals surface area contributed by atoms with Crippen LogP contribution in [0.2, 0.25) is 0 Å². The van der Waals surface area contributed by atoms with Crippen LogP contribution in [0, 0.1) is 18.8 Å². The summed E-state index contributed by atoms with van der Waals surface area (Å²) in [5.41, 5.74) is 9.04. The van der Waals surface area contributed by atoms with Gasteiger partial charge in [-0.3, -0.25) is 4.79 Å². The van der Waals surface area contributed by atoms with Gasteiger partial charge in [0.05, 0.1) is 12.5 Å². The third-order valence-corrected chi connectivity index (χ3v) is 6.03. The molecule has 28 heavy (non-hydrogen) atoms. The maximum atomic E-state index is 13.3. The molecule has 2 aromatic rings. The number of hydrogen-bond acceptors (Lipinski definition) is 4. The number of aryl methyl sites for hydroxylation is 1. The minimum atomic E-state index is 0.158. The van der Waals surface area contributed by atoms with Crippen molar-refractivity contribution in [3.8, 4) is 5.75 Å². The Morgan fingerprint density at radius 1 is 1.21 bits per heavy atom. The van der Waals surface area contributed by atoms with Crippen molar-refractivity contribution in [3.63, 3.8) is 0 Å². The first-order valence-electron chi connectivity index (χ1n) is 10.1. The smallest absolute Gasteiger partial charge is 0.227 e. The third-order valence-electron chi connectivity index (χ3n) is 6.03. The molecule has 1 amide bonds. The summed E-state index contributed by atoms with van der Waals surface area (Å²) in [6.07, 6.45) is 0.398. The van der Waals surface area contributed by atoms with Crippen LogP contribution in [0.5, 0.6) is 5.75 Å². The van der Waals surface area contributed by atoms with Gasteiger partial charge >= 0.3 is 0 Å². The van der Waals surface area contributed by atoms with Crippen LogP contribution in [-0.4, -0.2) is 43.6 Å². The van der Waals surface area contributed by atoms with Gasteiger partial charge in [-0.2, -0.15) is 0 Å². The van der Waals surface area contributed by atoms with E-state index in [2.05, 4.69) is 41.4 Å². The number of hydrogen-bond donors (Lipinski definition) is 2. The van der Waals surface area contributed by atoms with Crippen molar-refractivity contribution in [2.45, 2.75) is 19.4 Å². The molecule has 3 N–H and O–H groups in total. The molecule has 0 aromatic heterocycles. The summed E-state index contributed by atoms with van der Waals surface area (Å²) in [5.74, 6) is 1.99. The Balaban J connectivity index is 1.55. The predicted molar refractivity (Wildman–Crippen MR) is 110 cm³/mol. The van der Waals surface area contributed by atoms with Gasteiger partial charge in [0.15, 0.2) is 0 Å². The van der Waals surface area contributed by atoms with Crippen LogP contribution in [-0.2, 0) is 11.2 Å². The monoisotopic (exact) mass is 379 g/mol. The number of nitrogens with zero attached hydrogens (tertiary/aromatic N) is 1. The van der Waals surface area contributed by atoms with Crippen molar-refractivity contribution in [1.29, 1.82) is 0 Å². The highest BCUT2D eigenvalue weighted by Gasteiger charge is 2.46. The average Bonchev–Trinajstić information content (AvgIpc) is 3.28. The number of amides is 1. The van der Waals surface area contributed by atoms with Crippen LogP contribution < -0.4 is 15.8 Å². The minimum absolute atomic E-state index is 0.158. The molecular formula is C23H29N3O2. The normalized spacial score (nSPS) is 23.6. The fourth-order valence-corrected chi connectivity index (χ4v) is 4.69. The summed E-state index contributed by atoms with van der Waals surface area (Å²) in [6, 6.07) is 16.4. The highest BCUT2D eigenvalue weighted by molar-refractivity contribution is 5.80. The Labute approximate surface area is 166 Å². The number of carbonyl (C=O) groups excluding carboxylic acids is 1. The summed E-state index contributed by atoms with van der Waals surface area (Å²) in [4.78, 5) is 15.4. The summed E-state index contributed by atoms with van der Waals surface area (Å²) >= 11 is 0. The lowest BCUT2D eigenvalue weighted by Gasteiger charge is -2.29. The van der Waals surface area contributed by atoms with Gasteiger partial charge in [0.2, 0.25) is 5.91 Å². The van der Waals surface area contributed by atoms with E-state index in [1.165, 1.54) is 11.1 Å². The van der Waals surface area contributed by atoms with Crippen molar-refractivity contribution in [3.05, 3.63) is 65.2 Å². The van der Waals surface area contributed by atoms with Crippen LogP contribution >= 0.6 is 0 Å².